The number of ether oxygens (including phenoxy) is 3. The van der Waals surface area contributed by atoms with Crippen LogP contribution in [-0.4, -0.2) is 24.8 Å². The van der Waals surface area contributed by atoms with E-state index in [1.165, 1.54) is 0 Å². The predicted molar refractivity (Wildman–Crippen MR) is 97.8 cm³/mol. The Morgan fingerprint density at radius 1 is 1.15 bits per heavy atom. The van der Waals surface area contributed by atoms with Crippen LogP contribution < -0.4 is 19.5 Å². The topological polar surface area (TPSA) is 69.7 Å². The van der Waals surface area contributed by atoms with E-state index >= 15 is 0 Å². The van der Waals surface area contributed by atoms with Gasteiger partial charge in [0.25, 0.3) is 0 Å². The minimum atomic E-state index is -0.0580. The van der Waals surface area contributed by atoms with Gasteiger partial charge in [0.05, 0.1) is 24.5 Å². The molecule has 1 amide bonds. The zero-order chi connectivity index (χ0) is 17.9. The van der Waals surface area contributed by atoms with E-state index in [4.69, 9.17) is 14.2 Å². The second-order valence-electron chi connectivity index (χ2n) is 6.02. The molecule has 0 aliphatic carbocycles. The van der Waals surface area contributed by atoms with Gasteiger partial charge < -0.3 is 19.5 Å². The van der Waals surface area contributed by atoms with Crippen LogP contribution in [0.25, 0.3) is 10.9 Å². The summed E-state index contributed by atoms with van der Waals surface area (Å²) in [5, 5.41) is 3.84. The number of aryl methyl sites for hydroxylation is 1. The molecule has 4 rings (SSSR count). The Kier molecular flexibility index (Phi) is 4.31. The molecule has 0 radical (unpaired) electrons. The number of benzene rings is 2. The fourth-order valence-electron chi connectivity index (χ4n) is 2.87. The van der Waals surface area contributed by atoms with Crippen molar-refractivity contribution in [2.45, 2.75) is 12.8 Å². The Bertz CT molecular complexity index is 971. The molecule has 1 aliphatic heterocycles. The Hall–Kier alpha value is -3.28. The number of methoxy groups -OCH3 is 1. The average Bonchev–Trinajstić information content (AvgIpc) is 3.13. The first-order valence-corrected chi connectivity index (χ1v) is 8.33. The van der Waals surface area contributed by atoms with Crippen LogP contribution >= 0.6 is 0 Å². The SMILES string of the molecule is COc1ccc2cc(NC(=O)CCc3ccc4c(c3)OCO4)cnc2c1. The third kappa shape index (κ3) is 3.39. The number of fused-ring (bicyclic) bond motifs is 2. The zero-order valence-corrected chi connectivity index (χ0v) is 14.3. The summed E-state index contributed by atoms with van der Waals surface area (Å²) in [7, 11) is 1.62. The lowest BCUT2D eigenvalue weighted by Gasteiger charge is -2.07. The van der Waals surface area contributed by atoms with Crippen molar-refractivity contribution in [3.05, 3.63) is 54.2 Å². The van der Waals surface area contributed by atoms with Crippen LogP contribution in [0.5, 0.6) is 17.2 Å². The van der Waals surface area contributed by atoms with Gasteiger partial charge >= 0.3 is 0 Å². The van der Waals surface area contributed by atoms with Crippen LogP contribution in [0.4, 0.5) is 5.69 Å². The van der Waals surface area contributed by atoms with Gasteiger partial charge in [0.1, 0.15) is 5.75 Å². The van der Waals surface area contributed by atoms with Crippen molar-refractivity contribution < 1.29 is 19.0 Å². The number of carbonyl (C=O) groups excluding carboxylic acids is 1. The summed E-state index contributed by atoms with van der Waals surface area (Å²) in [6, 6.07) is 13.3. The van der Waals surface area contributed by atoms with E-state index in [1.807, 2.05) is 42.5 Å². The van der Waals surface area contributed by atoms with Crippen LogP contribution in [-0.2, 0) is 11.2 Å². The molecule has 26 heavy (non-hydrogen) atoms. The van der Waals surface area contributed by atoms with E-state index in [-0.39, 0.29) is 12.7 Å². The van der Waals surface area contributed by atoms with Gasteiger partial charge in [0.2, 0.25) is 12.7 Å². The average molecular weight is 350 g/mol. The molecule has 0 saturated carbocycles. The molecule has 3 aromatic rings. The molecule has 6 nitrogen and oxygen atoms in total. The lowest BCUT2D eigenvalue weighted by Crippen LogP contribution is -2.12. The highest BCUT2D eigenvalue weighted by molar-refractivity contribution is 5.93. The van der Waals surface area contributed by atoms with Gasteiger partial charge in [-0.3, -0.25) is 9.78 Å². The van der Waals surface area contributed by atoms with Crippen LogP contribution in [0.3, 0.4) is 0 Å². The summed E-state index contributed by atoms with van der Waals surface area (Å²) >= 11 is 0. The smallest absolute Gasteiger partial charge is 0.231 e. The lowest BCUT2D eigenvalue weighted by atomic mass is 10.1. The van der Waals surface area contributed by atoms with E-state index in [0.717, 1.165) is 33.7 Å². The largest absolute Gasteiger partial charge is 0.497 e. The van der Waals surface area contributed by atoms with Crippen molar-refractivity contribution in [1.82, 2.24) is 4.98 Å². The summed E-state index contributed by atoms with van der Waals surface area (Å²) in [4.78, 5) is 16.6. The van der Waals surface area contributed by atoms with Gasteiger partial charge in [0.15, 0.2) is 11.5 Å². The second kappa shape index (κ2) is 6.92. The van der Waals surface area contributed by atoms with Crippen molar-refractivity contribution in [1.29, 1.82) is 0 Å². The molecule has 0 atom stereocenters. The highest BCUT2D eigenvalue weighted by Crippen LogP contribution is 2.32. The summed E-state index contributed by atoms with van der Waals surface area (Å²) < 4.78 is 15.8. The fraction of sp³-hybridized carbons (Fsp3) is 0.200. The molecular weight excluding hydrogens is 332 g/mol. The van der Waals surface area contributed by atoms with Crippen LogP contribution in [0, 0.1) is 0 Å². The van der Waals surface area contributed by atoms with E-state index < -0.39 is 0 Å². The third-order valence-electron chi connectivity index (χ3n) is 4.25. The summed E-state index contributed by atoms with van der Waals surface area (Å²) in [5.74, 6) is 2.18. The van der Waals surface area contributed by atoms with Crippen molar-refractivity contribution >= 4 is 22.5 Å². The van der Waals surface area contributed by atoms with Gasteiger partial charge in [-0.2, -0.15) is 0 Å². The number of carbonyl (C=O) groups is 1. The second-order valence-corrected chi connectivity index (χ2v) is 6.02. The van der Waals surface area contributed by atoms with Crippen molar-refractivity contribution in [2.24, 2.45) is 0 Å². The number of nitrogens with one attached hydrogen (secondary N) is 1. The zero-order valence-electron chi connectivity index (χ0n) is 14.3. The lowest BCUT2D eigenvalue weighted by molar-refractivity contribution is -0.116. The normalized spacial score (nSPS) is 12.2. The Balaban J connectivity index is 1.39. The number of pyridine rings is 1. The Labute approximate surface area is 150 Å². The highest BCUT2D eigenvalue weighted by atomic mass is 16.7. The molecule has 132 valence electrons. The molecule has 2 heterocycles. The molecular formula is C20H18N2O4. The number of rotatable bonds is 5. The van der Waals surface area contributed by atoms with Gasteiger partial charge in [-0.1, -0.05) is 6.07 Å². The summed E-state index contributed by atoms with van der Waals surface area (Å²) in [6.45, 7) is 0.250. The first-order chi connectivity index (χ1) is 12.7. The Morgan fingerprint density at radius 2 is 2.04 bits per heavy atom. The molecule has 2 aromatic carbocycles. The van der Waals surface area contributed by atoms with E-state index in [2.05, 4.69) is 10.3 Å². The first-order valence-electron chi connectivity index (χ1n) is 8.33. The predicted octanol–water partition coefficient (Wildman–Crippen LogP) is 3.54. The van der Waals surface area contributed by atoms with Crippen LogP contribution in [0.15, 0.2) is 48.7 Å². The minimum absolute atomic E-state index is 0.0580. The van der Waals surface area contributed by atoms with Crippen LogP contribution in [0.2, 0.25) is 0 Å². The van der Waals surface area contributed by atoms with Crippen molar-refractivity contribution in [3.63, 3.8) is 0 Å². The Morgan fingerprint density at radius 3 is 2.92 bits per heavy atom. The molecule has 0 unspecified atom stereocenters. The maximum atomic E-state index is 12.2. The third-order valence-corrected chi connectivity index (χ3v) is 4.25. The highest BCUT2D eigenvalue weighted by Gasteiger charge is 2.13. The van der Waals surface area contributed by atoms with Gasteiger partial charge in [-0.05, 0) is 42.3 Å². The molecule has 0 saturated heterocycles. The molecule has 0 spiro atoms. The number of aromatic nitrogens is 1. The molecule has 1 aromatic heterocycles. The maximum absolute atomic E-state index is 12.2. The number of hydrogen-bond donors (Lipinski definition) is 1. The molecule has 0 fully saturated rings. The fourth-order valence-corrected chi connectivity index (χ4v) is 2.87. The van der Waals surface area contributed by atoms with Gasteiger partial charge in [-0.15, -0.1) is 0 Å². The number of anilines is 1. The quantitative estimate of drug-likeness (QED) is 0.762. The number of nitrogens with zero attached hydrogens (tertiary/aromatic N) is 1. The maximum Gasteiger partial charge on any atom is 0.231 e. The molecule has 6 heteroatoms. The van der Waals surface area contributed by atoms with E-state index in [0.29, 0.717) is 18.5 Å². The standard InChI is InChI=1S/C20H18N2O4/c1-24-16-5-4-14-9-15(11-21-17(14)10-16)22-20(23)7-3-13-2-6-18-19(8-13)26-12-25-18/h2,4-6,8-11H,3,7,12H2,1H3,(H,22,23). The van der Waals surface area contributed by atoms with Gasteiger partial charge in [-0.25, -0.2) is 0 Å². The molecule has 1 aliphatic rings. The van der Waals surface area contributed by atoms with E-state index in [1.54, 1.807) is 13.3 Å². The molecule has 0 bridgehead atoms. The molecule has 1 N–H and O–H groups in total. The minimum Gasteiger partial charge on any atom is -0.497 e. The van der Waals surface area contributed by atoms with Crippen LogP contribution in [0.1, 0.15) is 12.0 Å². The van der Waals surface area contributed by atoms with Crippen molar-refractivity contribution in [2.75, 3.05) is 19.2 Å². The van der Waals surface area contributed by atoms with E-state index in [9.17, 15) is 4.79 Å². The summed E-state index contributed by atoms with van der Waals surface area (Å²) in [5.41, 5.74) is 2.54. The number of hydrogen-bond acceptors (Lipinski definition) is 5. The summed E-state index contributed by atoms with van der Waals surface area (Å²) in [6.07, 6.45) is 2.65. The van der Waals surface area contributed by atoms with Gasteiger partial charge in [0, 0.05) is 17.9 Å². The monoisotopic (exact) mass is 350 g/mol. The first kappa shape index (κ1) is 16.2. The number of amides is 1. The van der Waals surface area contributed by atoms with Crippen molar-refractivity contribution in [3.8, 4) is 17.2 Å².